The minimum atomic E-state index is -0.648. The molecule has 0 spiro atoms. The van der Waals surface area contributed by atoms with Gasteiger partial charge in [-0.3, -0.25) is 9.59 Å². The number of ether oxygens (including phenoxy) is 1. The molecule has 0 bridgehead atoms. The first kappa shape index (κ1) is 43.1. The minimum absolute atomic E-state index is 0.0651. The summed E-state index contributed by atoms with van der Waals surface area (Å²) in [5, 5.41) is 8.79. The standard InChI is InChI=1S/2C19H38O2/c1-3-4-5-6-7-8-9-10-11-12-13-14-15-16-17-18-19(20)21-2;1-3-4-5-6-7-8-9-10-11-12-13-14-15-16-17-18(2)19(20)21/h3-18H2,1-2H3;18H,3-17H2,1-2H3,(H,20,21). The maximum atomic E-state index is 10.9. The van der Waals surface area contributed by atoms with Crippen LogP contribution in [0.25, 0.3) is 0 Å². The zero-order valence-corrected chi connectivity index (χ0v) is 29.2. The summed E-state index contributed by atoms with van der Waals surface area (Å²) in [5.74, 6) is -0.878. The van der Waals surface area contributed by atoms with Gasteiger partial charge in [-0.2, -0.15) is 0 Å². The van der Waals surface area contributed by atoms with Crippen molar-refractivity contribution in [1.82, 2.24) is 0 Å². The van der Waals surface area contributed by atoms with Crippen molar-refractivity contribution in [3.05, 3.63) is 0 Å². The van der Waals surface area contributed by atoms with Gasteiger partial charge in [0.15, 0.2) is 0 Å². The predicted molar refractivity (Wildman–Crippen MR) is 183 cm³/mol. The van der Waals surface area contributed by atoms with Crippen LogP contribution in [0.5, 0.6) is 0 Å². The molecule has 0 aromatic carbocycles. The van der Waals surface area contributed by atoms with Crippen LogP contribution in [0.15, 0.2) is 0 Å². The van der Waals surface area contributed by atoms with Crippen molar-refractivity contribution in [2.24, 2.45) is 5.92 Å². The van der Waals surface area contributed by atoms with Crippen molar-refractivity contribution < 1.29 is 19.4 Å². The largest absolute Gasteiger partial charge is 0.481 e. The molecule has 0 saturated carbocycles. The normalized spacial score (nSPS) is 11.6. The number of unbranched alkanes of at least 4 members (excludes halogenated alkanes) is 27. The maximum absolute atomic E-state index is 10.9. The van der Waals surface area contributed by atoms with E-state index in [4.69, 9.17) is 5.11 Å². The van der Waals surface area contributed by atoms with E-state index in [0.29, 0.717) is 6.42 Å². The van der Waals surface area contributed by atoms with E-state index in [9.17, 15) is 9.59 Å². The Morgan fingerprint density at radius 1 is 0.476 bits per heavy atom. The molecular weight excluding hydrogens is 520 g/mol. The molecule has 252 valence electrons. The molecule has 4 nitrogen and oxygen atoms in total. The Bertz CT molecular complexity index is 531. The fraction of sp³-hybridized carbons (Fsp3) is 0.947. The van der Waals surface area contributed by atoms with Crippen LogP contribution in [0, 0.1) is 5.92 Å². The van der Waals surface area contributed by atoms with Crippen molar-refractivity contribution in [1.29, 1.82) is 0 Å². The number of carbonyl (C=O) groups excluding carboxylic acids is 1. The van der Waals surface area contributed by atoms with Crippen LogP contribution in [0.1, 0.15) is 220 Å². The van der Waals surface area contributed by atoms with Gasteiger partial charge in [0.25, 0.3) is 0 Å². The molecule has 1 unspecified atom stereocenters. The zero-order valence-electron chi connectivity index (χ0n) is 29.2. The number of aliphatic carboxylic acids is 1. The Labute approximate surface area is 263 Å². The van der Waals surface area contributed by atoms with Crippen LogP contribution in [-0.2, 0) is 14.3 Å². The van der Waals surface area contributed by atoms with E-state index in [1.807, 2.05) is 6.92 Å². The minimum Gasteiger partial charge on any atom is -0.481 e. The zero-order chi connectivity index (χ0) is 31.4. The van der Waals surface area contributed by atoms with Crippen LogP contribution >= 0.6 is 0 Å². The number of esters is 1. The lowest BCUT2D eigenvalue weighted by molar-refractivity contribution is -0.142. The summed E-state index contributed by atoms with van der Waals surface area (Å²) in [6.07, 6.45) is 40.7. The van der Waals surface area contributed by atoms with E-state index < -0.39 is 5.97 Å². The molecule has 0 aliphatic rings. The fourth-order valence-corrected chi connectivity index (χ4v) is 5.51. The van der Waals surface area contributed by atoms with E-state index in [0.717, 1.165) is 19.3 Å². The first-order valence-corrected chi connectivity index (χ1v) is 18.8. The third-order valence-corrected chi connectivity index (χ3v) is 8.62. The van der Waals surface area contributed by atoms with Crippen molar-refractivity contribution in [3.8, 4) is 0 Å². The van der Waals surface area contributed by atoms with Crippen LogP contribution in [-0.4, -0.2) is 24.2 Å². The molecule has 0 aliphatic heterocycles. The smallest absolute Gasteiger partial charge is 0.306 e. The molecule has 0 heterocycles. The number of hydrogen-bond donors (Lipinski definition) is 1. The lowest BCUT2D eigenvalue weighted by atomic mass is 10.0. The monoisotopic (exact) mass is 597 g/mol. The van der Waals surface area contributed by atoms with Gasteiger partial charge in [0.1, 0.15) is 0 Å². The van der Waals surface area contributed by atoms with E-state index >= 15 is 0 Å². The van der Waals surface area contributed by atoms with Gasteiger partial charge in [-0.25, -0.2) is 0 Å². The topological polar surface area (TPSA) is 63.6 Å². The number of methoxy groups -OCH3 is 1. The van der Waals surface area contributed by atoms with Crippen LogP contribution < -0.4 is 0 Å². The second-order valence-electron chi connectivity index (χ2n) is 12.9. The summed E-state index contributed by atoms with van der Waals surface area (Å²) in [4.78, 5) is 21.6. The average Bonchev–Trinajstić information content (AvgIpc) is 2.99. The molecular formula is C38H76O4. The Morgan fingerprint density at radius 3 is 1.00 bits per heavy atom. The van der Waals surface area contributed by atoms with Gasteiger partial charge in [0, 0.05) is 6.42 Å². The Morgan fingerprint density at radius 2 is 0.738 bits per heavy atom. The number of carboxylic acid groups (broad SMARTS) is 1. The number of hydrogen-bond acceptors (Lipinski definition) is 3. The molecule has 0 aromatic rings. The van der Waals surface area contributed by atoms with Crippen molar-refractivity contribution in [2.45, 2.75) is 220 Å². The lowest BCUT2D eigenvalue weighted by Gasteiger charge is -2.05. The van der Waals surface area contributed by atoms with Crippen LogP contribution in [0.4, 0.5) is 0 Å². The summed E-state index contributed by atoms with van der Waals surface area (Å²) in [5.41, 5.74) is 0. The Kier molecular flexibility index (Phi) is 38.9. The highest BCUT2D eigenvalue weighted by Crippen LogP contribution is 2.16. The summed E-state index contributed by atoms with van der Waals surface area (Å²) in [6.45, 7) is 6.36. The molecule has 4 heteroatoms. The molecule has 1 atom stereocenters. The van der Waals surface area contributed by atoms with Gasteiger partial charge in [-0.1, -0.05) is 201 Å². The van der Waals surface area contributed by atoms with Crippen LogP contribution in [0.3, 0.4) is 0 Å². The summed E-state index contributed by atoms with van der Waals surface area (Å²) in [6, 6.07) is 0. The molecule has 0 fully saturated rings. The average molecular weight is 597 g/mol. The predicted octanol–water partition coefficient (Wildman–Crippen LogP) is 13.0. The molecule has 0 aromatic heterocycles. The quantitative estimate of drug-likeness (QED) is 0.0619. The first-order chi connectivity index (χ1) is 20.5. The summed E-state index contributed by atoms with van der Waals surface area (Å²) >= 11 is 0. The molecule has 0 amide bonds. The van der Waals surface area contributed by atoms with Crippen LogP contribution in [0.2, 0.25) is 0 Å². The molecule has 0 aliphatic carbocycles. The summed E-state index contributed by atoms with van der Waals surface area (Å²) < 4.78 is 4.63. The van der Waals surface area contributed by atoms with Crippen molar-refractivity contribution in [2.75, 3.05) is 7.11 Å². The third-order valence-electron chi connectivity index (χ3n) is 8.62. The third kappa shape index (κ3) is 38.9. The Balaban J connectivity index is 0. The van der Waals surface area contributed by atoms with E-state index in [2.05, 4.69) is 18.6 Å². The van der Waals surface area contributed by atoms with Gasteiger partial charge in [0.05, 0.1) is 13.0 Å². The molecule has 1 N–H and O–H groups in total. The second kappa shape index (κ2) is 38.0. The summed E-state index contributed by atoms with van der Waals surface area (Å²) in [7, 11) is 1.47. The number of carbonyl (C=O) groups is 2. The maximum Gasteiger partial charge on any atom is 0.306 e. The van der Waals surface area contributed by atoms with Gasteiger partial charge in [0.2, 0.25) is 0 Å². The number of carboxylic acids is 1. The molecule has 0 saturated heterocycles. The highest BCUT2D eigenvalue weighted by molar-refractivity contribution is 5.69. The molecule has 0 rings (SSSR count). The second-order valence-corrected chi connectivity index (χ2v) is 12.9. The highest BCUT2D eigenvalue weighted by atomic mass is 16.5. The Hall–Kier alpha value is -1.06. The fourth-order valence-electron chi connectivity index (χ4n) is 5.51. The van der Waals surface area contributed by atoms with Gasteiger partial charge < -0.3 is 9.84 Å². The van der Waals surface area contributed by atoms with E-state index in [-0.39, 0.29) is 11.9 Å². The van der Waals surface area contributed by atoms with Gasteiger partial charge >= 0.3 is 11.9 Å². The first-order valence-electron chi connectivity index (χ1n) is 18.8. The highest BCUT2D eigenvalue weighted by Gasteiger charge is 2.09. The molecule has 0 radical (unpaired) electrons. The van der Waals surface area contributed by atoms with Crippen molar-refractivity contribution in [3.63, 3.8) is 0 Å². The molecule has 42 heavy (non-hydrogen) atoms. The van der Waals surface area contributed by atoms with Gasteiger partial charge in [-0.15, -0.1) is 0 Å². The van der Waals surface area contributed by atoms with E-state index in [1.165, 1.54) is 180 Å². The lowest BCUT2D eigenvalue weighted by Crippen LogP contribution is -2.08. The number of rotatable bonds is 32. The SMILES string of the molecule is CCCCCCCCCCCCCCCCC(C)C(=O)O.CCCCCCCCCCCCCCCCCC(=O)OC. The van der Waals surface area contributed by atoms with Crippen molar-refractivity contribution >= 4 is 11.9 Å². The van der Waals surface area contributed by atoms with Gasteiger partial charge in [-0.05, 0) is 12.8 Å². The van der Waals surface area contributed by atoms with E-state index in [1.54, 1.807) is 0 Å².